The number of carbonyl (C=O) groups is 1. The molecule has 0 spiro atoms. The zero-order valence-electron chi connectivity index (χ0n) is 17.3. The number of anilines is 1. The second-order valence-corrected chi connectivity index (χ2v) is 9.22. The number of ether oxygens (including phenoxy) is 1. The first kappa shape index (κ1) is 19.2. The van der Waals surface area contributed by atoms with E-state index in [0.717, 1.165) is 41.8 Å². The highest BCUT2D eigenvalue weighted by molar-refractivity contribution is 8.00. The maximum atomic E-state index is 13.1. The van der Waals surface area contributed by atoms with Crippen molar-refractivity contribution in [3.8, 4) is 0 Å². The molecule has 10 heteroatoms. The van der Waals surface area contributed by atoms with Gasteiger partial charge >= 0.3 is 6.03 Å². The molecule has 5 rings (SSSR count). The zero-order chi connectivity index (χ0) is 20.9. The number of methoxy groups -OCH3 is 1. The lowest BCUT2D eigenvalue weighted by Crippen LogP contribution is -2.56. The van der Waals surface area contributed by atoms with Gasteiger partial charge in [-0.2, -0.15) is 4.40 Å². The largest absolute Gasteiger partial charge is 0.481 e. The van der Waals surface area contributed by atoms with Gasteiger partial charge < -0.3 is 24.8 Å². The molecule has 2 aromatic rings. The molecule has 3 atom stereocenters. The van der Waals surface area contributed by atoms with Gasteiger partial charge in [0.1, 0.15) is 22.7 Å². The minimum absolute atomic E-state index is 0.0401. The molecule has 0 aromatic carbocycles. The van der Waals surface area contributed by atoms with Crippen molar-refractivity contribution in [1.82, 2.24) is 25.2 Å². The maximum absolute atomic E-state index is 13.1. The molecule has 3 aliphatic rings. The molecule has 1 unspecified atom stereocenters. The van der Waals surface area contributed by atoms with Crippen molar-refractivity contribution in [2.45, 2.75) is 30.7 Å². The predicted molar refractivity (Wildman–Crippen MR) is 117 cm³/mol. The number of likely N-dealkylation sites (tertiary alicyclic amines) is 1. The number of amides is 2. The molecule has 0 radical (unpaired) electrons. The molecule has 9 nitrogen and oxygen atoms in total. The third-order valence-corrected chi connectivity index (χ3v) is 7.40. The van der Waals surface area contributed by atoms with Crippen LogP contribution in [0.15, 0.2) is 34.6 Å². The summed E-state index contributed by atoms with van der Waals surface area (Å²) in [6, 6.07) is 2.12. The lowest BCUT2D eigenvalue weighted by molar-refractivity contribution is 0.160. The van der Waals surface area contributed by atoms with Crippen LogP contribution >= 0.6 is 11.9 Å². The number of H-pyrrole nitrogens is 1. The first-order valence-electron chi connectivity index (χ1n) is 10.1. The summed E-state index contributed by atoms with van der Waals surface area (Å²) >= 11 is 1.38. The normalized spacial score (nSPS) is 27.8. The lowest BCUT2D eigenvalue weighted by Gasteiger charge is -2.42. The number of nitrogens with zero attached hydrogens (tertiary/aromatic N) is 5. The Morgan fingerprint density at radius 2 is 2.33 bits per heavy atom. The van der Waals surface area contributed by atoms with Gasteiger partial charge in [-0.1, -0.05) is 6.92 Å². The molecule has 1 saturated heterocycles. The van der Waals surface area contributed by atoms with E-state index in [-0.39, 0.29) is 12.1 Å². The Balaban J connectivity index is 1.30. The van der Waals surface area contributed by atoms with Crippen LogP contribution in [0.3, 0.4) is 0 Å². The van der Waals surface area contributed by atoms with Gasteiger partial charge in [0.25, 0.3) is 0 Å². The fourth-order valence-corrected chi connectivity index (χ4v) is 5.21. The van der Waals surface area contributed by atoms with Gasteiger partial charge in [0.05, 0.1) is 18.5 Å². The summed E-state index contributed by atoms with van der Waals surface area (Å²) in [6.45, 7) is 3.63. The van der Waals surface area contributed by atoms with Gasteiger partial charge in [0.15, 0.2) is 0 Å². The van der Waals surface area contributed by atoms with Crippen LogP contribution in [-0.2, 0) is 4.74 Å². The fourth-order valence-electron chi connectivity index (χ4n) is 4.31. The average molecular weight is 428 g/mol. The number of carbonyl (C=O) groups excluding carboxylic acids is 1. The molecular formula is C20H25N7O2S. The van der Waals surface area contributed by atoms with Crippen molar-refractivity contribution < 1.29 is 9.53 Å². The van der Waals surface area contributed by atoms with Gasteiger partial charge in [-0.15, -0.1) is 0 Å². The summed E-state index contributed by atoms with van der Waals surface area (Å²) < 4.78 is 9.52. The summed E-state index contributed by atoms with van der Waals surface area (Å²) in [5, 5.41) is 4.18. The van der Waals surface area contributed by atoms with E-state index in [1.807, 2.05) is 23.2 Å². The smallest absolute Gasteiger partial charge is 0.318 e. The van der Waals surface area contributed by atoms with E-state index in [2.05, 4.69) is 43.5 Å². The topological polar surface area (TPSA) is 98.7 Å². The van der Waals surface area contributed by atoms with E-state index in [4.69, 9.17) is 4.74 Å². The predicted octanol–water partition coefficient (Wildman–Crippen LogP) is 2.55. The highest BCUT2D eigenvalue weighted by Gasteiger charge is 2.54. The van der Waals surface area contributed by atoms with E-state index < -0.39 is 4.87 Å². The van der Waals surface area contributed by atoms with Crippen molar-refractivity contribution in [3.05, 3.63) is 30.2 Å². The molecule has 1 aliphatic carbocycles. The Morgan fingerprint density at radius 3 is 3.13 bits per heavy atom. The van der Waals surface area contributed by atoms with Crippen LogP contribution < -0.4 is 10.2 Å². The van der Waals surface area contributed by atoms with Gasteiger partial charge in [-0.05, 0) is 24.0 Å². The van der Waals surface area contributed by atoms with Crippen molar-refractivity contribution >= 4 is 40.7 Å². The Bertz CT molecular complexity index is 1050. The van der Waals surface area contributed by atoms with E-state index in [9.17, 15) is 4.79 Å². The number of nitrogens with one attached hydrogen (secondary N) is 2. The Hall–Kier alpha value is -2.75. The number of urea groups is 1. The number of fused-ring (bicyclic) bond motifs is 2. The summed E-state index contributed by atoms with van der Waals surface area (Å²) in [6.07, 6.45) is 7.12. The first-order valence-corrected chi connectivity index (χ1v) is 10.9. The molecule has 2 N–H and O–H groups in total. The van der Waals surface area contributed by atoms with Gasteiger partial charge in [-0.3, -0.25) is 0 Å². The van der Waals surface area contributed by atoms with Crippen LogP contribution in [0.4, 0.5) is 10.6 Å². The van der Waals surface area contributed by atoms with E-state index in [1.54, 1.807) is 13.4 Å². The quantitative estimate of drug-likeness (QED) is 0.731. The van der Waals surface area contributed by atoms with Crippen LogP contribution in [0.2, 0.25) is 0 Å². The Morgan fingerprint density at radius 1 is 1.47 bits per heavy atom. The standard InChI is InChI=1S/C20H25N7O2S/c1-12-5-7-27(19(28)24-20-9-13(20)8-16(29-3)25-30-20)10-15(12)26(2)18-14-4-6-21-17(14)22-11-23-18/h4,6,8,11-12,15H,5,7,9-10H2,1-3H3,(H,24,28)(H,21,22,23)/t12-,15+,20?/m1/s1. The highest BCUT2D eigenvalue weighted by atomic mass is 32.2. The molecule has 2 fully saturated rings. The number of piperidine rings is 1. The minimum Gasteiger partial charge on any atom is -0.481 e. The van der Waals surface area contributed by atoms with Crippen LogP contribution in [-0.4, -0.2) is 69.9 Å². The van der Waals surface area contributed by atoms with E-state index in [0.29, 0.717) is 18.4 Å². The highest BCUT2D eigenvalue weighted by Crippen LogP contribution is 2.54. The number of hydrogen-bond acceptors (Lipinski definition) is 7. The molecule has 1 saturated carbocycles. The number of aromatic amines is 1. The zero-order valence-corrected chi connectivity index (χ0v) is 18.1. The summed E-state index contributed by atoms with van der Waals surface area (Å²) in [7, 11) is 3.66. The Kier molecular flexibility index (Phi) is 4.61. The second-order valence-electron chi connectivity index (χ2n) is 8.16. The summed E-state index contributed by atoms with van der Waals surface area (Å²) in [4.78, 5) is 28.7. The SMILES string of the molecule is COC1=NSC2(NC(=O)N3CC[C@@H](C)[C@@H](N(C)c4ncnc5[nH]ccc45)C3)CC2=C1. The maximum Gasteiger partial charge on any atom is 0.318 e. The second kappa shape index (κ2) is 7.19. The molecule has 4 heterocycles. The number of aromatic nitrogens is 3. The number of rotatable bonds is 3. The van der Waals surface area contributed by atoms with Crippen LogP contribution in [0.25, 0.3) is 11.0 Å². The van der Waals surface area contributed by atoms with Crippen molar-refractivity contribution in [1.29, 1.82) is 0 Å². The molecule has 2 aliphatic heterocycles. The minimum atomic E-state index is -0.395. The molecule has 2 amide bonds. The first-order chi connectivity index (χ1) is 14.5. The molecule has 158 valence electrons. The van der Waals surface area contributed by atoms with Crippen molar-refractivity contribution in [3.63, 3.8) is 0 Å². The Labute approximate surface area is 179 Å². The van der Waals surface area contributed by atoms with Crippen LogP contribution in [0.1, 0.15) is 19.8 Å². The number of likely N-dealkylation sites (N-methyl/N-ethyl adjacent to an activating group) is 1. The van der Waals surface area contributed by atoms with E-state index >= 15 is 0 Å². The van der Waals surface area contributed by atoms with Crippen LogP contribution in [0.5, 0.6) is 0 Å². The van der Waals surface area contributed by atoms with Gasteiger partial charge in [-0.25, -0.2) is 14.8 Å². The monoisotopic (exact) mass is 427 g/mol. The summed E-state index contributed by atoms with van der Waals surface area (Å²) in [5.74, 6) is 1.93. The van der Waals surface area contributed by atoms with Crippen molar-refractivity contribution in [2.75, 3.05) is 32.1 Å². The molecule has 30 heavy (non-hydrogen) atoms. The van der Waals surface area contributed by atoms with Gasteiger partial charge in [0, 0.05) is 50.8 Å². The fraction of sp³-hybridized carbons (Fsp3) is 0.500. The molecule has 2 aromatic heterocycles. The van der Waals surface area contributed by atoms with Crippen molar-refractivity contribution in [2.24, 2.45) is 10.3 Å². The van der Waals surface area contributed by atoms with Gasteiger partial charge in [0.2, 0.25) is 5.90 Å². The third kappa shape index (κ3) is 3.19. The lowest BCUT2D eigenvalue weighted by atomic mass is 9.92. The molecular weight excluding hydrogens is 402 g/mol. The summed E-state index contributed by atoms with van der Waals surface area (Å²) in [5.41, 5.74) is 1.98. The average Bonchev–Trinajstić information content (AvgIpc) is 3.24. The van der Waals surface area contributed by atoms with E-state index in [1.165, 1.54) is 11.9 Å². The van der Waals surface area contributed by atoms with Crippen LogP contribution in [0, 0.1) is 5.92 Å². The number of hydrogen-bond donors (Lipinski definition) is 2. The molecule has 0 bridgehead atoms. The third-order valence-electron chi connectivity index (χ3n) is 6.31.